The van der Waals surface area contributed by atoms with Crippen molar-refractivity contribution in [3.63, 3.8) is 0 Å². The zero-order chi connectivity index (χ0) is 12.8. The normalized spacial score (nSPS) is 25.9. The molecule has 1 fully saturated rings. The Balaban J connectivity index is 2.40. The van der Waals surface area contributed by atoms with Crippen molar-refractivity contribution in [2.45, 2.75) is 32.7 Å². The van der Waals surface area contributed by atoms with Crippen LogP contribution in [0.25, 0.3) is 0 Å². The summed E-state index contributed by atoms with van der Waals surface area (Å²) in [4.78, 5) is 16.2. The smallest absolute Gasteiger partial charge is 0.224 e. The molecular weight excluding hydrogens is 216 g/mol. The van der Waals surface area contributed by atoms with Gasteiger partial charge in [0.05, 0.1) is 13.0 Å². The fourth-order valence-electron chi connectivity index (χ4n) is 2.58. The molecule has 0 bridgehead atoms. The molecule has 1 aliphatic heterocycles. The number of piperidine rings is 1. The molecule has 0 saturated carbocycles. The Morgan fingerprint density at radius 2 is 2.24 bits per heavy atom. The van der Waals surface area contributed by atoms with E-state index >= 15 is 0 Å². The van der Waals surface area contributed by atoms with Crippen LogP contribution in [0.3, 0.4) is 0 Å². The second-order valence-electron chi connectivity index (χ2n) is 5.05. The van der Waals surface area contributed by atoms with Crippen molar-refractivity contribution in [1.29, 1.82) is 0 Å². The fraction of sp³-hybridized carbons (Fsp3) is 0.923. The average Bonchev–Trinajstić information content (AvgIpc) is 2.28. The number of hydrogen-bond acceptors (Lipinski definition) is 3. The van der Waals surface area contributed by atoms with Crippen LogP contribution < -0.4 is 0 Å². The van der Waals surface area contributed by atoms with Gasteiger partial charge in [-0.15, -0.1) is 0 Å². The highest BCUT2D eigenvalue weighted by atomic mass is 16.5. The molecule has 0 spiro atoms. The largest absolute Gasteiger partial charge is 0.381 e. The molecule has 2 atom stereocenters. The summed E-state index contributed by atoms with van der Waals surface area (Å²) < 4.78 is 5.23. The lowest BCUT2D eigenvalue weighted by Gasteiger charge is -2.40. The van der Waals surface area contributed by atoms with E-state index in [0.717, 1.165) is 19.5 Å². The van der Waals surface area contributed by atoms with Gasteiger partial charge in [-0.1, -0.05) is 6.92 Å². The second kappa shape index (κ2) is 6.97. The maximum Gasteiger partial charge on any atom is 0.224 e. The molecule has 1 rings (SSSR count). The van der Waals surface area contributed by atoms with Crippen molar-refractivity contribution >= 4 is 5.91 Å². The Labute approximate surface area is 105 Å². The molecular formula is C13H26N2O2. The number of hydrogen-bond donors (Lipinski definition) is 0. The number of ether oxygens (including phenoxy) is 1. The summed E-state index contributed by atoms with van der Waals surface area (Å²) >= 11 is 0. The molecule has 0 aromatic heterocycles. The van der Waals surface area contributed by atoms with E-state index in [0.29, 0.717) is 31.6 Å². The standard InChI is InChI=1S/C13H26N2O2/c1-5-17-9-7-13(16)15(4)12-6-8-14(3)10-11(12)2/h11-12H,5-10H2,1-4H3/t11-,12+/m1/s1. The lowest BCUT2D eigenvalue weighted by molar-refractivity contribution is -0.135. The average molecular weight is 242 g/mol. The van der Waals surface area contributed by atoms with Crippen LogP contribution >= 0.6 is 0 Å². The van der Waals surface area contributed by atoms with Gasteiger partial charge in [-0.3, -0.25) is 4.79 Å². The number of likely N-dealkylation sites (tertiary alicyclic amines) is 1. The van der Waals surface area contributed by atoms with Crippen LogP contribution in [0.15, 0.2) is 0 Å². The number of amides is 1. The summed E-state index contributed by atoms with van der Waals surface area (Å²) in [6.45, 7) is 7.56. The van der Waals surface area contributed by atoms with Crippen LogP contribution in [0.5, 0.6) is 0 Å². The Hall–Kier alpha value is -0.610. The summed E-state index contributed by atoms with van der Waals surface area (Å²) in [5.74, 6) is 0.759. The van der Waals surface area contributed by atoms with Gasteiger partial charge >= 0.3 is 0 Å². The van der Waals surface area contributed by atoms with Crippen molar-refractivity contribution in [1.82, 2.24) is 9.80 Å². The highest BCUT2D eigenvalue weighted by Crippen LogP contribution is 2.20. The molecule has 1 aliphatic rings. The summed E-state index contributed by atoms with van der Waals surface area (Å²) in [5, 5.41) is 0. The summed E-state index contributed by atoms with van der Waals surface area (Å²) in [6, 6.07) is 0.389. The third kappa shape index (κ3) is 4.28. The quantitative estimate of drug-likeness (QED) is 0.679. The van der Waals surface area contributed by atoms with E-state index in [1.807, 2.05) is 18.9 Å². The molecule has 0 aliphatic carbocycles. The molecule has 1 amide bonds. The summed E-state index contributed by atoms with van der Waals surface area (Å²) in [6.07, 6.45) is 1.58. The van der Waals surface area contributed by atoms with E-state index in [4.69, 9.17) is 4.74 Å². The van der Waals surface area contributed by atoms with E-state index in [1.165, 1.54) is 0 Å². The molecule has 0 N–H and O–H groups in total. The van der Waals surface area contributed by atoms with Crippen LogP contribution in [0.4, 0.5) is 0 Å². The number of nitrogens with zero attached hydrogens (tertiary/aromatic N) is 2. The first-order valence-corrected chi connectivity index (χ1v) is 6.58. The molecule has 0 unspecified atom stereocenters. The van der Waals surface area contributed by atoms with Gasteiger partial charge in [0.25, 0.3) is 0 Å². The lowest BCUT2D eigenvalue weighted by Crippen LogP contribution is -2.49. The van der Waals surface area contributed by atoms with Gasteiger partial charge in [0.1, 0.15) is 0 Å². The van der Waals surface area contributed by atoms with Gasteiger partial charge in [-0.05, 0) is 32.9 Å². The van der Waals surface area contributed by atoms with E-state index < -0.39 is 0 Å². The van der Waals surface area contributed by atoms with E-state index in [2.05, 4.69) is 18.9 Å². The Bertz CT molecular complexity index is 246. The van der Waals surface area contributed by atoms with Crippen LogP contribution in [-0.4, -0.2) is 62.1 Å². The molecule has 0 aromatic rings. The van der Waals surface area contributed by atoms with Crippen LogP contribution in [0, 0.1) is 5.92 Å². The van der Waals surface area contributed by atoms with Gasteiger partial charge in [-0.2, -0.15) is 0 Å². The van der Waals surface area contributed by atoms with Gasteiger partial charge < -0.3 is 14.5 Å². The molecule has 4 heteroatoms. The number of carbonyl (C=O) groups is 1. The molecule has 100 valence electrons. The SMILES string of the molecule is CCOCCC(=O)N(C)[C@H]1CCN(C)C[C@H]1C. The monoisotopic (exact) mass is 242 g/mol. The first kappa shape index (κ1) is 14.5. The predicted molar refractivity (Wildman–Crippen MR) is 68.9 cm³/mol. The van der Waals surface area contributed by atoms with E-state index in [1.54, 1.807) is 0 Å². The number of carbonyl (C=O) groups excluding carboxylic acids is 1. The molecule has 0 radical (unpaired) electrons. The molecule has 4 nitrogen and oxygen atoms in total. The van der Waals surface area contributed by atoms with E-state index in [9.17, 15) is 4.79 Å². The Morgan fingerprint density at radius 3 is 2.82 bits per heavy atom. The first-order valence-electron chi connectivity index (χ1n) is 6.58. The predicted octanol–water partition coefficient (Wildman–Crippen LogP) is 1.21. The molecule has 0 aromatic carbocycles. The van der Waals surface area contributed by atoms with Crippen molar-refractivity contribution in [3.8, 4) is 0 Å². The topological polar surface area (TPSA) is 32.8 Å². The third-order valence-electron chi connectivity index (χ3n) is 3.62. The summed E-state index contributed by atoms with van der Waals surface area (Å²) in [5.41, 5.74) is 0. The van der Waals surface area contributed by atoms with Crippen molar-refractivity contribution < 1.29 is 9.53 Å². The minimum Gasteiger partial charge on any atom is -0.381 e. The minimum atomic E-state index is 0.208. The molecule has 1 heterocycles. The van der Waals surface area contributed by atoms with Crippen molar-refractivity contribution in [2.24, 2.45) is 5.92 Å². The maximum absolute atomic E-state index is 12.0. The van der Waals surface area contributed by atoms with Crippen LogP contribution in [0.2, 0.25) is 0 Å². The van der Waals surface area contributed by atoms with Crippen molar-refractivity contribution in [3.05, 3.63) is 0 Å². The van der Waals surface area contributed by atoms with E-state index in [-0.39, 0.29) is 5.91 Å². The lowest BCUT2D eigenvalue weighted by atomic mass is 9.93. The highest BCUT2D eigenvalue weighted by molar-refractivity contribution is 5.76. The van der Waals surface area contributed by atoms with Crippen LogP contribution in [-0.2, 0) is 9.53 Å². The summed E-state index contributed by atoms with van der Waals surface area (Å²) in [7, 11) is 4.07. The van der Waals surface area contributed by atoms with Crippen molar-refractivity contribution in [2.75, 3.05) is 40.4 Å². The van der Waals surface area contributed by atoms with Gasteiger partial charge in [0.15, 0.2) is 0 Å². The third-order valence-corrected chi connectivity index (χ3v) is 3.62. The Kier molecular flexibility index (Phi) is 5.92. The fourth-order valence-corrected chi connectivity index (χ4v) is 2.58. The van der Waals surface area contributed by atoms with Gasteiger partial charge in [0.2, 0.25) is 5.91 Å². The van der Waals surface area contributed by atoms with Gasteiger partial charge in [-0.25, -0.2) is 0 Å². The highest BCUT2D eigenvalue weighted by Gasteiger charge is 2.29. The second-order valence-corrected chi connectivity index (χ2v) is 5.05. The molecule has 17 heavy (non-hydrogen) atoms. The zero-order valence-electron chi connectivity index (χ0n) is 11.6. The van der Waals surface area contributed by atoms with Gasteiger partial charge in [0, 0.05) is 26.2 Å². The molecule has 1 saturated heterocycles. The maximum atomic E-state index is 12.0. The zero-order valence-corrected chi connectivity index (χ0v) is 11.6. The number of rotatable bonds is 5. The van der Waals surface area contributed by atoms with Crippen LogP contribution in [0.1, 0.15) is 26.7 Å². The first-order chi connectivity index (χ1) is 8.06. The Morgan fingerprint density at radius 1 is 1.53 bits per heavy atom. The minimum absolute atomic E-state index is 0.208.